The first-order valence-corrected chi connectivity index (χ1v) is 6.12. The fourth-order valence-corrected chi connectivity index (χ4v) is 2.07. The van der Waals surface area contributed by atoms with E-state index in [4.69, 9.17) is 29.1 Å². The Morgan fingerprint density at radius 2 is 1.80 bits per heavy atom. The maximum atomic E-state index is 12.9. The van der Waals surface area contributed by atoms with E-state index in [1.807, 2.05) is 0 Å². The van der Waals surface area contributed by atoms with Gasteiger partial charge in [-0.3, -0.25) is 0 Å². The average molecular weight is 315 g/mol. The molecule has 0 unspecified atom stereocenters. The number of aromatic nitrogens is 1. The van der Waals surface area contributed by atoms with Crippen molar-refractivity contribution in [2.75, 3.05) is 0 Å². The summed E-state index contributed by atoms with van der Waals surface area (Å²) in [6.45, 7) is 0. The van der Waals surface area contributed by atoms with Crippen molar-refractivity contribution >= 4 is 23.8 Å². The molecule has 0 spiro atoms. The molecule has 0 saturated carbocycles. The Morgan fingerprint density at radius 3 is 2.30 bits per heavy atom. The Hall–Kier alpha value is -1.84. The summed E-state index contributed by atoms with van der Waals surface area (Å²) in [5.41, 5.74) is -0.951. The fraction of sp³-hybridized carbons (Fsp3) is 0.0769. The zero-order chi connectivity index (χ0) is 14.9. The molecule has 0 radical (unpaired) electrons. The highest BCUT2D eigenvalue weighted by molar-refractivity contribution is 7.71. The number of alkyl halides is 3. The van der Waals surface area contributed by atoms with Crippen LogP contribution in [0.25, 0.3) is 11.3 Å². The molecule has 0 fully saturated rings. The second kappa shape index (κ2) is 5.27. The molecule has 2 aromatic rings. The number of nitrogens with one attached hydrogen (secondary N) is 1. The van der Waals surface area contributed by atoms with Crippen LogP contribution in [0.2, 0.25) is 5.02 Å². The van der Waals surface area contributed by atoms with E-state index in [9.17, 15) is 13.2 Å². The monoisotopic (exact) mass is 314 g/mol. The molecule has 2 nitrogen and oxygen atoms in total. The largest absolute Gasteiger partial charge is 0.417 e. The Kier molecular flexibility index (Phi) is 3.84. The minimum Gasteiger partial charge on any atom is -0.345 e. The molecule has 1 N–H and O–H groups in total. The maximum absolute atomic E-state index is 12.9. The molecule has 2 rings (SSSR count). The van der Waals surface area contributed by atoms with Crippen molar-refractivity contribution in [3.05, 3.63) is 51.1 Å². The van der Waals surface area contributed by atoms with Gasteiger partial charge in [0.05, 0.1) is 11.1 Å². The third-order valence-corrected chi connectivity index (χ3v) is 3.16. The minimum absolute atomic E-state index is 0.179. The quantitative estimate of drug-likeness (QED) is 0.756. The number of hydrogen-bond donors (Lipinski definition) is 1. The Labute approximate surface area is 122 Å². The molecule has 1 heterocycles. The lowest BCUT2D eigenvalue weighted by atomic mass is 10.1. The van der Waals surface area contributed by atoms with Crippen LogP contribution in [0.1, 0.15) is 11.1 Å². The number of rotatable bonds is 1. The Morgan fingerprint density at radius 1 is 1.20 bits per heavy atom. The summed E-state index contributed by atoms with van der Waals surface area (Å²) < 4.78 is 38.6. The van der Waals surface area contributed by atoms with E-state index in [1.165, 1.54) is 6.07 Å². The third kappa shape index (κ3) is 2.84. The topological polar surface area (TPSA) is 39.6 Å². The summed E-state index contributed by atoms with van der Waals surface area (Å²) in [7, 11) is 0. The summed E-state index contributed by atoms with van der Waals surface area (Å²) in [6, 6.07) is 8.59. The van der Waals surface area contributed by atoms with Crippen LogP contribution in [-0.2, 0) is 6.18 Å². The first-order valence-electron chi connectivity index (χ1n) is 5.33. The van der Waals surface area contributed by atoms with Crippen LogP contribution in [0.5, 0.6) is 0 Å². The first kappa shape index (κ1) is 14.6. The number of hydrogen-bond acceptors (Lipinski definition) is 2. The molecule has 0 bridgehead atoms. The van der Waals surface area contributed by atoms with Gasteiger partial charge in [0.15, 0.2) is 0 Å². The minimum atomic E-state index is -4.64. The molecule has 0 aliphatic carbocycles. The van der Waals surface area contributed by atoms with E-state index in [0.29, 0.717) is 10.6 Å². The van der Waals surface area contributed by atoms with Crippen LogP contribution in [-0.4, -0.2) is 4.98 Å². The van der Waals surface area contributed by atoms with Gasteiger partial charge in [0.25, 0.3) is 0 Å². The molecule has 0 aliphatic heterocycles. The second-order valence-electron chi connectivity index (χ2n) is 3.92. The van der Waals surface area contributed by atoms with Crippen molar-refractivity contribution in [1.82, 2.24) is 4.98 Å². The van der Waals surface area contributed by atoms with Crippen molar-refractivity contribution in [3.63, 3.8) is 0 Å². The summed E-state index contributed by atoms with van der Waals surface area (Å²) in [6.07, 6.45) is -4.64. The maximum Gasteiger partial charge on any atom is 0.417 e. The van der Waals surface area contributed by atoms with Crippen LogP contribution < -0.4 is 0 Å². The molecule has 7 heteroatoms. The Balaban J connectivity index is 2.69. The normalized spacial score (nSPS) is 11.2. The van der Waals surface area contributed by atoms with Crippen molar-refractivity contribution in [1.29, 1.82) is 5.26 Å². The second-order valence-corrected chi connectivity index (χ2v) is 4.76. The molecule has 102 valence electrons. The molecule has 20 heavy (non-hydrogen) atoms. The molecular formula is C13H6ClF3N2S. The summed E-state index contributed by atoms with van der Waals surface area (Å²) >= 11 is 10.5. The van der Waals surface area contributed by atoms with Gasteiger partial charge in [-0.15, -0.1) is 0 Å². The predicted octanol–water partition coefficient (Wildman–Crippen LogP) is 4.96. The lowest BCUT2D eigenvalue weighted by molar-refractivity contribution is -0.137. The zero-order valence-corrected chi connectivity index (χ0v) is 11.3. The van der Waals surface area contributed by atoms with E-state index in [0.717, 1.165) is 6.07 Å². The van der Waals surface area contributed by atoms with E-state index < -0.39 is 17.3 Å². The van der Waals surface area contributed by atoms with E-state index in [2.05, 4.69) is 4.98 Å². The smallest absolute Gasteiger partial charge is 0.345 e. The molecule has 0 amide bonds. The van der Waals surface area contributed by atoms with Gasteiger partial charge in [-0.1, -0.05) is 36.0 Å². The molecular weight excluding hydrogens is 309 g/mol. The van der Waals surface area contributed by atoms with E-state index in [-0.39, 0.29) is 10.3 Å². The van der Waals surface area contributed by atoms with Crippen molar-refractivity contribution in [2.24, 2.45) is 0 Å². The highest BCUT2D eigenvalue weighted by Gasteiger charge is 2.34. The number of nitriles is 1. The van der Waals surface area contributed by atoms with Gasteiger partial charge in [0.1, 0.15) is 10.7 Å². The number of benzene rings is 1. The van der Waals surface area contributed by atoms with Crippen LogP contribution in [0.4, 0.5) is 13.2 Å². The number of pyridine rings is 1. The first-order chi connectivity index (χ1) is 9.32. The van der Waals surface area contributed by atoms with Crippen molar-refractivity contribution in [2.45, 2.75) is 6.18 Å². The van der Waals surface area contributed by atoms with Gasteiger partial charge in [-0.05, 0) is 23.8 Å². The molecule has 0 aliphatic rings. The Bertz CT molecular complexity index is 742. The molecule has 0 atom stereocenters. The van der Waals surface area contributed by atoms with Crippen LogP contribution in [0.15, 0.2) is 30.3 Å². The van der Waals surface area contributed by atoms with Gasteiger partial charge in [0.2, 0.25) is 0 Å². The number of aromatic amines is 1. The summed E-state index contributed by atoms with van der Waals surface area (Å²) in [4.78, 5) is 2.62. The predicted molar refractivity (Wildman–Crippen MR) is 71.8 cm³/mol. The molecule has 0 saturated heterocycles. The number of nitrogens with zero attached hydrogens (tertiary/aromatic N) is 1. The van der Waals surface area contributed by atoms with Gasteiger partial charge < -0.3 is 4.98 Å². The zero-order valence-electron chi connectivity index (χ0n) is 9.75. The van der Waals surface area contributed by atoms with E-state index >= 15 is 0 Å². The molecule has 1 aromatic heterocycles. The fourth-order valence-electron chi connectivity index (χ4n) is 1.68. The summed E-state index contributed by atoms with van der Waals surface area (Å²) in [5, 5.41) is 9.28. The lowest BCUT2D eigenvalue weighted by Crippen LogP contribution is -2.09. The SMILES string of the molecule is N#Cc1c(C(F)(F)F)cc(-c2ccc(Cl)cc2)[nH]c1=S. The summed E-state index contributed by atoms with van der Waals surface area (Å²) in [5.74, 6) is 0. The number of halogens is 4. The van der Waals surface area contributed by atoms with Gasteiger partial charge in [-0.2, -0.15) is 18.4 Å². The highest BCUT2D eigenvalue weighted by Crippen LogP contribution is 2.34. The average Bonchev–Trinajstić information content (AvgIpc) is 2.37. The van der Waals surface area contributed by atoms with Crippen LogP contribution >= 0.6 is 23.8 Å². The van der Waals surface area contributed by atoms with Crippen LogP contribution in [0.3, 0.4) is 0 Å². The van der Waals surface area contributed by atoms with Crippen molar-refractivity contribution in [3.8, 4) is 17.3 Å². The van der Waals surface area contributed by atoms with Crippen LogP contribution in [0, 0.1) is 16.0 Å². The van der Waals surface area contributed by atoms with Gasteiger partial charge >= 0.3 is 6.18 Å². The number of H-pyrrole nitrogens is 1. The van der Waals surface area contributed by atoms with Gasteiger partial charge in [-0.25, -0.2) is 0 Å². The van der Waals surface area contributed by atoms with Gasteiger partial charge in [0, 0.05) is 10.7 Å². The van der Waals surface area contributed by atoms with Crippen molar-refractivity contribution < 1.29 is 13.2 Å². The third-order valence-electron chi connectivity index (χ3n) is 2.61. The molecule has 1 aromatic carbocycles. The standard InChI is InChI=1S/C13H6ClF3N2S/c14-8-3-1-7(2-4-8)11-5-10(13(15,16)17)9(6-18)12(20)19-11/h1-5H,(H,19,20). The highest BCUT2D eigenvalue weighted by atomic mass is 35.5. The lowest BCUT2D eigenvalue weighted by Gasteiger charge is -2.11. The van der Waals surface area contributed by atoms with E-state index in [1.54, 1.807) is 24.3 Å².